The number of carboxylic acids is 3. The van der Waals surface area contributed by atoms with Crippen LogP contribution in [0.15, 0.2) is 29.6 Å². The Labute approximate surface area is 235 Å². The van der Waals surface area contributed by atoms with E-state index in [2.05, 4.69) is 34.1 Å². The van der Waals surface area contributed by atoms with Crippen LogP contribution in [0.1, 0.15) is 31.9 Å². The van der Waals surface area contributed by atoms with Crippen molar-refractivity contribution in [3.63, 3.8) is 0 Å². The number of rotatable bonds is 12. The molecule has 0 radical (unpaired) electrons. The van der Waals surface area contributed by atoms with E-state index in [1.54, 1.807) is 6.07 Å². The second kappa shape index (κ2) is 15.4. The number of nitrogens with zero attached hydrogens (tertiary/aromatic N) is 3. The summed E-state index contributed by atoms with van der Waals surface area (Å²) < 4.78 is 13.4. The molecule has 1 aliphatic heterocycles. The van der Waals surface area contributed by atoms with Gasteiger partial charge in [-0.3, -0.25) is 19.3 Å². The van der Waals surface area contributed by atoms with Gasteiger partial charge in [-0.2, -0.15) is 0 Å². The number of piperazine rings is 1. The molecule has 0 saturated carbocycles. The molecule has 1 aromatic carbocycles. The van der Waals surface area contributed by atoms with Crippen LogP contribution in [0, 0.1) is 5.82 Å². The Kier molecular flexibility index (Phi) is 12.6. The van der Waals surface area contributed by atoms with Crippen molar-refractivity contribution in [2.75, 3.05) is 39.8 Å². The van der Waals surface area contributed by atoms with Gasteiger partial charge in [0, 0.05) is 49.7 Å². The smallest absolute Gasteiger partial charge is 0.336 e. The zero-order valence-electron chi connectivity index (χ0n) is 22.4. The van der Waals surface area contributed by atoms with Crippen molar-refractivity contribution in [1.29, 1.82) is 0 Å². The zero-order valence-corrected chi connectivity index (χ0v) is 23.2. The van der Waals surface area contributed by atoms with Crippen molar-refractivity contribution in [2.45, 2.75) is 44.2 Å². The highest BCUT2D eigenvalue weighted by atomic mass is 32.1. The highest BCUT2D eigenvalue weighted by molar-refractivity contribution is 7.13. The number of thiazole rings is 1. The zero-order chi connectivity index (χ0) is 29.9. The largest absolute Gasteiger partial charge is 0.481 e. The number of amides is 1. The molecule has 40 heavy (non-hydrogen) atoms. The van der Waals surface area contributed by atoms with Gasteiger partial charge in [-0.05, 0) is 25.6 Å². The quantitative estimate of drug-likeness (QED) is 0.244. The van der Waals surface area contributed by atoms with Crippen LogP contribution >= 0.6 is 11.3 Å². The van der Waals surface area contributed by atoms with E-state index in [1.165, 1.54) is 23.5 Å². The van der Waals surface area contributed by atoms with Crippen LogP contribution in [-0.4, -0.2) is 110 Å². The highest BCUT2D eigenvalue weighted by Crippen LogP contribution is 2.24. The maximum absolute atomic E-state index is 13.4. The van der Waals surface area contributed by atoms with Crippen LogP contribution in [0.2, 0.25) is 0 Å². The molecule has 1 fully saturated rings. The lowest BCUT2D eigenvalue weighted by Gasteiger charge is -2.34. The van der Waals surface area contributed by atoms with Crippen LogP contribution in [-0.2, 0) is 25.6 Å². The molecule has 1 atom stereocenters. The number of aliphatic carboxylic acids is 3. The third kappa shape index (κ3) is 11.0. The second-order valence-corrected chi connectivity index (χ2v) is 10.4. The molecule has 0 aliphatic carbocycles. The SMILES string of the molecule is CCC(CN1CCN(C)CC1)NC(=O)Cc1csc(-c2cccc(F)c2)n1.O=C(O)CC(O)(CC(=O)O)C(=O)O. The number of hydrogen-bond acceptors (Lipinski definition) is 9. The number of carbonyl (C=O) groups excluding carboxylic acids is 1. The molecule has 1 amide bonds. The maximum Gasteiger partial charge on any atom is 0.336 e. The average molecular weight is 583 g/mol. The lowest BCUT2D eigenvalue weighted by molar-refractivity contribution is -0.170. The van der Waals surface area contributed by atoms with Gasteiger partial charge in [0.1, 0.15) is 10.8 Å². The van der Waals surface area contributed by atoms with Crippen LogP contribution in [0.4, 0.5) is 4.39 Å². The Morgan fingerprint density at radius 2 is 1.73 bits per heavy atom. The summed E-state index contributed by atoms with van der Waals surface area (Å²) in [7, 11) is 2.14. The lowest BCUT2D eigenvalue weighted by Crippen LogP contribution is -2.50. The standard InChI is InChI=1S/C20H27FN4OS.C6H8O7/c1-3-17(13-25-9-7-24(2)8-10-25)22-19(26)12-18-14-27-20(23-18)15-5-4-6-16(21)11-15;7-3(8)1-6(13,5(11)12)2-4(9)10/h4-6,11,14,17H,3,7-10,12-13H2,1-2H3,(H,22,26);13H,1-2H2,(H,7,8)(H,9,10)(H,11,12). The van der Waals surface area contributed by atoms with Crippen molar-refractivity contribution >= 4 is 35.2 Å². The molecule has 0 bridgehead atoms. The molecule has 14 heteroatoms. The first-order valence-electron chi connectivity index (χ1n) is 12.6. The van der Waals surface area contributed by atoms with E-state index in [4.69, 9.17) is 20.4 Å². The molecular weight excluding hydrogens is 547 g/mol. The van der Waals surface area contributed by atoms with Crippen LogP contribution in [0.5, 0.6) is 0 Å². The van der Waals surface area contributed by atoms with Gasteiger partial charge in [0.15, 0.2) is 5.60 Å². The van der Waals surface area contributed by atoms with Gasteiger partial charge in [-0.1, -0.05) is 19.1 Å². The van der Waals surface area contributed by atoms with Crippen molar-refractivity contribution in [2.24, 2.45) is 0 Å². The summed E-state index contributed by atoms with van der Waals surface area (Å²) in [5, 5.41) is 39.6. The number of aromatic nitrogens is 1. The van der Waals surface area contributed by atoms with E-state index >= 15 is 0 Å². The summed E-state index contributed by atoms with van der Waals surface area (Å²) in [4.78, 5) is 52.2. The molecule has 220 valence electrons. The van der Waals surface area contributed by atoms with Gasteiger partial charge >= 0.3 is 17.9 Å². The molecule has 5 N–H and O–H groups in total. The van der Waals surface area contributed by atoms with Crippen molar-refractivity contribution in [1.82, 2.24) is 20.1 Å². The number of carbonyl (C=O) groups is 4. The summed E-state index contributed by atoms with van der Waals surface area (Å²) >= 11 is 1.44. The number of hydrogen-bond donors (Lipinski definition) is 5. The number of nitrogens with one attached hydrogen (secondary N) is 1. The molecular formula is C26H35FN4O8S. The number of benzene rings is 1. The first-order chi connectivity index (χ1) is 18.8. The summed E-state index contributed by atoms with van der Waals surface area (Å²) in [6.07, 6.45) is -1.13. The van der Waals surface area contributed by atoms with Gasteiger partial charge in [-0.15, -0.1) is 11.3 Å². The maximum atomic E-state index is 13.4. The minimum Gasteiger partial charge on any atom is -0.481 e. The van der Waals surface area contributed by atoms with E-state index in [0.29, 0.717) is 0 Å². The third-order valence-corrected chi connectivity index (χ3v) is 7.12. The number of carboxylic acid groups (broad SMARTS) is 3. The molecule has 1 aliphatic rings. The number of likely N-dealkylation sites (N-methyl/N-ethyl adjacent to an activating group) is 1. The minimum absolute atomic E-state index is 0.00734. The van der Waals surface area contributed by atoms with Gasteiger partial charge in [-0.25, -0.2) is 14.2 Å². The molecule has 3 rings (SSSR count). The highest BCUT2D eigenvalue weighted by Gasteiger charge is 2.40. The lowest BCUT2D eigenvalue weighted by atomic mass is 9.96. The molecule has 2 heterocycles. The average Bonchev–Trinajstić information content (AvgIpc) is 3.32. The first-order valence-corrected chi connectivity index (χ1v) is 13.5. The van der Waals surface area contributed by atoms with Gasteiger partial charge in [0.05, 0.1) is 25.0 Å². The van der Waals surface area contributed by atoms with E-state index in [0.717, 1.165) is 55.4 Å². The fourth-order valence-corrected chi connectivity index (χ4v) is 4.74. The van der Waals surface area contributed by atoms with E-state index < -0.39 is 36.4 Å². The summed E-state index contributed by atoms with van der Waals surface area (Å²) in [6, 6.07) is 6.53. The molecule has 1 unspecified atom stereocenters. The van der Waals surface area contributed by atoms with Gasteiger partial charge < -0.3 is 30.6 Å². The Balaban J connectivity index is 0.000000366. The van der Waals surface area contributed by atoms with Crippen LogP contribution in [0.3, 0.4) is 0 Å². The minimum atomic E-state index is -2.74. The van der Waals surface area contributed by atoms with Crippen molar-refractivity contribution in [3.8, 4) is 10.6 Å². The Hall–Kier alpha value is -3.46. The summed E-state index contributed by atoms with van der Waals surface area (Å²) in [6.45, 7) is 7.24. The molecule has 1 saturated heterocycles. The summed E-state index contributed by atoms with van der Waals surface area (Å²) in [5.41, 5.74) is -1.27. The molecule has 2 aromatic rings. The number of halogens is 1. The van der Waals surface area contributed by atoms with Gasteiger partial charge in [0.2, 0.25) is 5.91 Å². The Morgan fingerprint density at radius 1 is 1.10 bits per heavy atom. The fraction of sp³-hybridized carbons (Fsp3) is 0.500. The van der Waals surface area contributed by atoms with E-state index in [9.17, 15) is 23.6 Å². The van der Waals surface area contributed by atoms with E-state index in [1.807, 2.05) is 11.4 Å². The third-order valence-electron chi connectivity index (χ3n) is 6.18. The summed E-state index contributed by atoms with van der Waals surface area (Å²) in [5.74, 6) is -5.31. The number of aliphatic hydroxyl groups is 1. The van der Waals surface area contributed by atoms with Crippen LogP contribution < -0.4 is 5.32 Å². The Morgan fingerprint density at radius 3 is 2.25 bits per heavy atom. The van der Waals surface area contributed by atoms with Crippen molar-refractivity contribution in [3.05, 3.63) is 41.2 Å². The fourth-order valence-electron chi connectivity index (χ4n) is 3.92. The second-order valence-electron chi connectivity index (χ2n) is 9.59. The topological polar surface area (TPSA) is 181 Å². The predicted octanol–water partition coefficient (Wildman–Crippen LogP) is 1.39. The molecule has 12 nitrogen and oxygen atoms in total. The monoisotopic (exact) mass is 582 g/mol. The van der Waals surface area contributed by atoms with Gasteiger partial charge in [0.25, 0.3) is 0 Å². The Bertz CT molecular complexity index is 1150. The van der Waals surface area contributed by atoms with E-state index in [-0.39, 0.29) is 24.2 Å². The normalized spacial score (nSPS) is 15.0. The first kappa shape index (κ1) is 32.8. The molecule has 1 aromatic heterocycles. The molecule has 0 spiro atoms. The predicted molar refractivity (Wildman–Crippen MR) is 144 cm³/mol. The van der Waals surface area contributed by atoms with Crippen molar-refractivity contribution < 1.29 is 44.0 Å². The van der Waals surface area contributed by atoms with Crippen LogP contribution in [0.25, 0.3) is 10.6 Å².